The number of hydrogen-bond donors (Lipinski definition) is 0. The maximum Gasteiger partial charge on any atom is 0.236 e. The lowest BCUT2D eigenvalue weighted by molar-refractivity contribution is -0.131. The molecule has 1 aromatic heterocycles. The van der Waals surface area contributed by atoms with Gasteiger partial charge in [-0.05, 0) is 6.92 Å². The van der Waals surface area contributed by atoms with E-state index in [1.54, 1.807) is 4.68 Å². The lowest BCUT2D eigenvalue weighted by Gasteiger charge is -2.27. The quantitative estimate of drug-likeness (QED) is 0.699. The summed E-state index contributed by atoms with van der Waals surface area (Å²) in [7, 11) is 1.89. The van der Waals surface area contributed by atoms with Crippen LogP contribution in [0.5, 0.6) is 0 Å². The number of halogens is 1. The molecule has 1 amide bonds. The smallest absolute Gasteiger partial charge is 0.236 e. The number of carbonyl (C=O) groups is 1. The van der Waals surface area contributed by atoms with Crippen LogP contribution in [-0.2, 0) is 24.8 Å². The molecule has 0 radical (unpaired) electrons. The molecule has 0 fully saturated rings. The standard InChI is InChI=1S/C9H13BrN4O/c1-6(10)9(15)14-4-3-8-7(5-14)11-12-13(8)2/h6H,3-5H2,1-2H3. The van der Waals surface area contributed by atoms with Gasteiger partial charge in [0.1, 0.15) is 5.69 Å². The maximum absolute atomic E-state index is 11.7. The molecule has 2 rings (SSSR count). The molecule has 1 aliphatic heterocycles. The number of aryl methyl sites for hydroxylation is 1. The molecule has 15 heavy (non-hydrogen) atoms. The molecular weight excluding hydrogens is 260 g/mol. The van der Waals surface area contributed by atoms with Crippen molar-refractivity contribution < 1.29 is 4.79 Å². The summed E-state index contributed by atoms with van der Waals surface area (Å²) < 4.78 is 1.79. The first-order chi connectivity index (χ1) is 7.09. The van der Waals surface area contributed by atoms with E-state index in [1.807, 2.05) is 18.9 Å². The topological polar surface area (TPSA) is 51.0 Å². The molecule has 82 valence electrons. The lowest BCUT2D eigenvalue weighted by atomic mass is 10.1. The highest BCUT2D eigenvalue weighted by atomic mass is 79.9. The van der Waals surface area contributed by atoms with Crippen molar-refractivity contribution in [3.05, 3.63) is 11.4 Å². The van der Waals surface area contributed by atoms with Gasteiger partial charge in [0.15, 0.2) is 0 Å². The summed E-state index contributed by atoms with van der Waals surface area (Å²) in [6, 6.07) is 0. The van der Waals surface area contributed by atoms with E-state index < -0.39 is 0 Å². The van der Waals surface area contributed by atoms with Gasteiger partial charge in [-0.3, -0.25) is 9.48 Å². The van der Waals surface area contributed by atoms with Gasteiger partial charge in [-0.2, -0.15) is 0 Å². The molecule has 0 N–H and O–H groups in total. The molecule has 1 aliphatic rings. The number of nitrogens with zero attached hydrogens (tertiary/aromatic N) is 4. The van der Waals surface area contributed by atoms with Crippen molar-refractivity contribution in [3.63, 3.8) is 0 Å². The summed E-state index contributed by atoms with van der Waals surface area (Å²) in [5.41, 5.74) is 2.06. The van der Waals surface area contributed by atoms with Gasteiger partial charge in [-0.15, -0.1) is 5.10 Å². The zero-order valence-corrected chi connectivity index (χ0v) is 10.4. The molecule has 6 heteroatoms. The SMILES string of the molecule is CC(Br)C(=O)N1CCc2c(nnn2C)C1. The second-order valence-electron chi connectivity index (χ2n) is 3.73. The molecule has 0 saturated carbocycles. The highest BCUT2D eigenvalue weighted by Gasteiger charge is 2.26. The van der Waals surface area contributed by atoms with Gasteiger partial charge in [0.2, 0.25) is 5.91 Å². The normalized spacial score (nSPS) is 17.4. The van der Waals surface area contributed by atoms with Crippen molar-refractivity contribution in [1.29, 1.82) is 0 Å². The van der Waals surface area contributed by atoms with Crippen LogP contribution < -0.4 is 0 Å². The number of aromatic nitrogens is 3. The number of carbonyl (C=O) groups excluding carboxylic acids is 1. The number of alkyl halides is 1. The number of rotatable bonds is 1. The summed E-state index contributed by atoms with van der Waals surface area (Å²) >= 11 is 3.29. The molecule has 5 nitrogen and oxygen atoms in total. The van der Waals surface area contributed by atoms with Crippen LogP contribution in [0.25, 0.3) is 0 Å². The molecule has 1 unspecified atom stereocenters. The monoisotopic (exact) mass is 272 g/mol. The molecule has 0 aromatic carbocycles. The fraction of sp³-hybridized carbons (Fsp3) is 0.667. The third-order valence-corrected chi connectivity index (χ3v) is 3.03. The third-order valence-electron chi connectivity index (χ3n) is 2.63. The zero-order valence-electron chi connectivity index (χ0n) is 8.77. The van der Waals surface area contributed by atoms with Gasteiger partial charge in [-0.25, -0.2) is 0 Å². The Hall–Kier alpha value is -0.910. The van der Waals surface area contributed by atoms with Crippen LogP contribution in [0.15, 0.2) is 0 Å². The Morgan fingerprint density at radius 1 is 1.60 bits per heavy atom. The summed E-state index contributed by atoms with van der Waals surface area (Å²) in [6.45, 7) is 3.18. The first-order valence-corrected chi connectivity index (χ1v) is 5.81. The van der Waals surface area contributed by atoms with Crippen LogP contribution in [-0.4, -0.2) is 37.2 Å². The largest absolute Gasteiger partial charge is 0.335 e. The maximum atomic E-state index is 11.7. The van der Waals surface area contributed by atoms with E-state index in [9.17, 15) is 4.79 Å². The van der Waals surface area contributed by atoms with Crippen molar-refractivity contribution in [1.82, 2.24) is 19.9 Å². The van der Waals surface area contributed by atoms with E-state index >= 15 is 0 Å². The second-order valence-corrected chi connectivity index (χ2v) is 5.11. The Kier molecular flexibility index (Phi) is 2.77. The van der Waals surface area contributed by atoms with E-state index in [0.717, 1.165) is 24.4 Å². The molecule has 0 bridgehead atoms. The van der Waals surface area contributed by atoms with E-state index in [0.29, 0.717) is 6.54 Å². The first kappa shape index (κ1) is 10.6. The van der Waals surface area contributed by atoms with Gasteiger partial charge in [0, 0.05) is 20.0 Å². The fourth-order valence-corrected chi connectivity index (χ4v) is 2.08. The van der Waals surface area contributed by atoms with Crippen LogP contribution in [0.2, 0.25) is 0 Å². The Labute approximate surface area is 96.6 Å². The molecule has 0 aliphatic carbocycles. The summed E-state index contributed by atoms with van der Waals surface area (Å²) in [5, 5.41) is 8.01. The summed E-state index contributed by atoms with van der Waals surface area (Å²) in [5.74, 6) is 0.117. The summed E-state index contributed by atoms with van der Waals surface area (Å²) in [6.07, 6.45) is 0.838. The van der Waals surface area contributed by atoms with Crippen LogP contribution >= 0.6 is 15.9 Å². The Bertz CT molecular complexity index is 387. The fourth-order valence-electron chi connectivity index (χ4n) is 1.79. The van der Waals surface area contributed by atoms with Crippen molar-refractivity contribution in [2.45, 2.75) is 24.7 Å². The van der Waals surface area contributed by atoms with Crippen LogP contribution in [0.4, 0.5) is 0 Å². The molecule has 0 spiro atoms. The minimum atomic E-state index is -0.129. The highest BCUT2D eigenvalue weighted by molar-refractivity contribution is 9.10. The molecule has 2 heterocycles. The summed E-state index contributed by atoms with van der Waals surface area (Å²) in [4.78, 5) is 13.4. The van der Waals surface area contributed by atoms with Gasteiger partial charge in [0.25, 0.3) is 0 Å². The average molecular weight is 273 g/mol. The Morgan fingerprint density at radius 3 is 3.00 bits per heavy atom. The van der Waals surface area contributed by atoms with Crippen LogP contribution in [0.1, 0.15) is 18.3 Å². The molecule has 0 saturated heterocycles. The molecule has 1 aromatic rings. The van der Waals surface area contributed by atoms with Crippen molar-refractivity contribution >= 4 is 21.8 Å². The second kappa shape index (κ2) is 3.92. The van der Waals surface area contributed by atoms with E-state index in [1.165, 1.54) is 0 Å². The van der Waals surface area contributed by atoms with Gasteiger partial charge >= 0.3 is 0 Å². The molecule has 1 atom stereocenters. The van der Waals surface area contributed by atoms with E-state index in [2.05, 4.69) is 26.2 Å². The van der Waals surface area contributed by atoms with Crippen molar-refractivity contribution in [2.24, 2.45) is 7.05 Å². The Balaban J connectivity index is 2.16. The van der Waals surface area contributed by atoms with Gasteiger partial charge < -0.3 is 4.90 Å². The number of amides is 1. The molecular formula is C9H13BrN4O. The van der Waals surface area contributed by atoms with Crippen LogP contribution in [0.3, 0.4) is 0 Å². The van der Waals surface area contributed by atoms with Crippen molar-refractivity contribution in [2.75, 3.05) is 6.54 Å². The number of hydrogen-bond acceptors (Lipinski definition) is 3. The Morgan fingerprint density at radius 2 is 2.33 bits per heavy atom. The lowest BCUT2D eigenvalue weighted by Crippen LogP contribution is -2.39. The van der Waals surface area contributed by atoms with Gasteiger partial charge in [-0.1, -0.05) is 21.1 Å². The minimum absolute atomic E-state index is 0.117. The predicted octanol–water partition coefficient (Wildman–Crippen LogP) is 0.483. The van der Waals surface area contributed by atoms with E-state index in [-0.39, 0.29) is 10.7 Å². The third kappa shape index (κ3) is 1.90. The predicted molar refractivity (Wildman–Crippen MR) is 58.5 cm³/mol. The van der Waals surface area contributed by atoms with E-state index in [4.69, 9.17) is 0 Å². The number of fused-ring (bicyclic) bond motifs is 1. The highest BCUT2D eigenvalue weighted by Crippen LogP contribution is 2.17. The average Bonchev–Trinajstić information content (AvgIpc) is 2.59. The van der Waals surface area contributed by atoms with Crippen molar-refractivity contribution in [3.8, 4) is 0 Å². The van der Waals surface area contributed by atoms with Gasteiger partial charge in [0.05, 0.1) is 17.1 Å². The zero-order chi connectivity index (χ0) is 11.0. The van der Waals surface area contributed by atoms with Crippen LogP contribution in [0, 0.1) is 0 Å². The minimum Gasteiger partial charge on any atom is -0.335 e. The first-order valence-electron chi connectivity index (χ1n) is 4.90.